The molecule has 0 unspecified atom stereocenters. The second-order valence-electron chi connectivity index (χ2n) is 6.10. The lowest BCUT2D eigenvalue weighted by atomic mass is 10.1. The maximum absolute atomic E-state index is 12.5. The number of amides is 1. The summed E-state index contributed by atoms with van der Waals surface area (Å²) in [7, 11) is -2.70. The first-order valence-electron chi connectivity index (χ1n) is 8.40. The Bertz CT molecular complexity index is 960. The summed E-state index contributed by atoms with van der Waals surface area (Å²) in [5.74, 6) is -1.30. The smallest absolute Gasteiger partial charge is 0.342 e. The number of nitrogens with two attached hydrogens (primary N) is 1. The molecule has 0 aliphatic rings. The van der Waals surface area contributed by atoms with Gasteiger partial charge in [0.2, 0.25) is 10.0 Å². The second kappa shape index (κ2) is 8.85. The van der Waals surface area contributed by atoms with Crippen LogP contribution in [0.1, 0.15) is 35.8 Å². The van der Waals surface area contributed by atoms with E-state index in [0.717, 1.165) is 11.6 Å². The summed E-state index contributed by atoms with van der Waals surface area (Å²) in [5, 5.41) is 7.85. The maximum atomic E-state index is 12.5. The predicted molar refractivity (Wildman–Crippen MR) is 102 cm³/mol. The molecular formula is C19H22N2O6S. The van der Waals surface area contributed by atoms with Gasteiger partial charge in [0.1, 0.15) is 11.3 Å². The number of methoxy groups -OCH3 is 1. The predicted octanol–water partition coefficient (Wildman–Crippen LogP) is 1.77. The Morgan fingerprint density at radius 2 is 1.71 bits per heavy atom. The van der Waals surface area contributed by atoms with Gasteiger partial charge in [-0.25, -0.2) is 18.4 Å². The first-order valence-corrected chi connectivity index (χ1v) is 9.95. The highest BCUT2D eigenvalue weighted by Crippen LogP contribution is 2.23. The Labute approximate surface area is 163 Å². The first-order chi connectivity index (χ1) is 13.1. The molecule has 2 atom stereocenters. The lowest BCUT2D eigenvalue weighted by Gasteiger charge is -2.19. The molecule has 0 saturated carbocycles. The first kappa shape index (κ1) is 21.4. The number of hydrogen-bond donors (Lipinski definition) is 2. The van der Waals surface area contributed by atoms with Gasteiger partial charge in [-0.05, 0) is 37.6 Å². The van der Waals surface area contributed by atoms with Crippen LogP contribution in [0.15, 0.2) is 53.4 Å². The van der Waals surface area contributed by atoms with E-state index >= 15 is 0 Å². The van der Waals surface area contributed by atoms with Crippen molar-refractivity contribution >= 4 is 21.9 Å². The van der Waals surface area contributed by atoms with Gasteiger partial charge < -0.3 is 14.8 Å². The highest BCUT2D eigenvalue weighted by Gasteiger charge is 2.24. The van der Waals surface area contributed by atoms with Crippen molar-refractivity contribution < 1.29 is 27.5 Å². The minimum Gasteiger partial charge on any atom is -0.496 e. The summed E-state index contributed by atoms with van der Waals surface area (Å²) >= 11 is 0. The summed E-state index contributed by atoms with van der Waals surface area (Å²) in [4.78, 5) is 24.5. The van der Waals surface area contributed by atoms with Crippen molar-refractivity contribution in [3.63, 3.8) is 0 Å². The van der Waals surface area contributed by atoms with Gasteiger partial charge in [-0.2, -0.15) is 0 Å². The van der Waals surface area contributed by atoms with E-state index in [4.69, 9.17) is 14.6 Å². The average molecular weight is 406 g/mol. The van der Waals surface area contributed by atoms with E-state index in [-0.39, 0.29) is 22.3 Å². The molecule has 28 heavy (non-hydrogen) atoms. The largest absolute Gasteiger partial charge is 0.496 e. The molecule has 0 heterocycles. The van der Waals surface area contributed by atoms with Crippen LogP contribution in [0.5, 0.6) is 5.75 Å². The molecule has 2 rings (SSSR count). The Hall–Kier alpha value is -2.91. The fourth-order valence-corrected chi connectivity index (χ4v) is 3.00. The zero-order valence-electron chi connectivity index (χ0n) is 15.7. The number of primary sulfonamides is 1. The maximum Gasteiger partial charge on any atom is 0.342 e. The molecule has 0 aliphatic carbocycles. The van der Waals surface area contributed by atoms with Crippen LogP contribution in [-0.2, 0) is 19.6 Å². The van der Waals surface area contributed by atoms with Gasteiger partial charge in [-0.15, -0.1) is 0 Å². The van der Waals surface area contributed by atoms with E-state index in [1.807, 2.05) is 30.3 Å². The van der Waals surface area contributed by atoms with Crippen molar-refractivity contribution in [3.8, 4) is 5.75 Å². The van der Waals surface area contributed by atoms with Gasteiger partial charge in [0.05, 0.1) is 18.0 Å². The van der Waals surface area contributed by atoms with Crippen molar-refractivity contribution in [1.82, 2.24) is 5.32 Å². The van der Waals surface area contributed by atoms with Gasteiger partial charge in [0.25, 0.3) is 5.91 Å². The third-order valence-corrected chi connectivity index (χ3v) is 4.94. The molecule has 0 radical (unpaired) electrons. The monoisotopic (exact) mass is 406 g/mol. The standard InChI is InChI=1S/C19H22N2O6S/c1-12(14-7-5-4-6-8-14)21-18(22)13(2)27-19(23)16-11-15(28(20,24)25)9-10-17(16)26-3/h4-13H,1-3H3,(H,21,22)(H2,20,24,25)/t12-,13+/m1/s1. The van der Waals surface area contributed by atoms with Gasteiger partial charge in [0.15, 0.2) is 6.10 Å². The minimum absolute atomic E-state index is 0.0997. The van der Waals surface area contributed by atoms with Crippen LogP contribution in [0.3, 0.4) is 0 Å². The number of hydrogen-bond acceptors (Lipinski definition) is 6. The van der Waals surface area contributed by atoms with Crippen LogP contribution in [0.4, 0.5) is 0 Å². The Morgan fingerprint density at radius 3 is 2.29 bits per heavy atom. The van der Waals surface area contributed by atoms with Crippen molar-refractivity contribution in [3.05, 3.63) is 59.7 Å². The number of benzene rings is 2. The zero-order chi connectivity index (χ0) is 20.9. The van der Waals surface area contributed by atoms with Crippen molar-refractivity contribution in [1.29, 1.82) is 0 Å². The summed E-state index contributed by atoms with van der Waals surface area (Å²) in [6, 6.07) is 12.6. The number of esters is 1. The normalized spacial score (nSPS) is 13.3. The van der Waals surface area contributed by atoms with Crippen LogP contribution < -0.4 is 15.2 Å². The van der Waals surface area contributed by atoms with Crippen molar-refractivity contribution in [2.24, 2.45) is 5.14 Å². The SMILES string of the molecule is COc1ccc(S(N)(=O)=O)cc1C(=O)O[C@@H](C)C(=O)N[C@H](C)c1ccccc1. The molecule has 0 fully saturated rings. The van der Waals surface area contributed by atoms with E-state index < -0.39 is 28.0 Å². The Balaban J connectivity index is 2.12. The van der Waals surface area contributed by atoms with Crippen LogP contribution in [0.25, 0.3) is 0 Å². The van der Waals surface area contributed by atoms with E-state index in [9.17, 15) is 18.0 Å². The van der Waals surface area contributed by atoms with Crippen LogP contribution in [0.2, 0.25) is 0 Å². The summed E-state index contributed by atoms with van der Waals surface area (Å²) in [6.45, 7) is 3.22. The topological polar surface area (TPSA) is 125 Å². The fraction of sp³-hybridized carbons (Fsp3) is 0.263. The average Bonchev–Trinajstić information content (AvgIpc) is 2.67. The molecule has 0 aliphatic heterocycles. The van der Waals surface area contributed by atoms with E-state index in [1.54, 1.807) is 6.92 Å². The molecule has 8 nitrogen and oxygen atoms in total. The van der Waals surface area contributed by atoms with E-state index in [0.29, 0.717) is 0 Å². The highest BCUT2D eigenvalue weighted by atomic mass is 32.2. The fourth-order valence-electron chi connectivity index (χ4n) is 2.46. The molecule has 1 amide bonds. The summed E-state index contributed by atoms with van der Waals surface area (Å²) < 4.78 is 33.3. The number of carbonyl (C=O) groups excluding carboxylic acids is 2. The molecular weight excluding hydrogens is 384 g/mol. The van der Waals surface area contributed by atoms with Gasteiger partial charge in [0, 0.05) is 0 Å². The van der Waals surface area contributed by atoms with Gasteiger partial charge in [-0.1, -0.05) is 30.3 Å². The molecule has 0 aromatic heterocycles. The highest BCUT2D eigenvalue weighted by molar-refractivity contribution is 7.89. The van der Waals surface area contributed by atoms with Gasteiger partial charge in [-0.3, -0.25) is 4.79 Å². The molecule has 0 spiro atoms. The molecule has 0 bridgehead atoms. The van der Waals surface area contributed by atoms with E-state index in [2.05, 4.69) is 5.32 Å². The van der Waals surface area contributed by atoms with Crippen LogP contribution in [-0.4, -0.2) is 33.5 Å². The van der Waals surface area contributed by atoms with Crippen LogP contribution >= 0.6 is 0 Å². The second-order valence-corrected chi connectivity index (χ2v) is 7.66. The summed E-state index contributed by atoms with van der Waals surface area (Å²) in [5.41, 5.74) is 0.752. The summed E-state index contributed by atoms with van der Waals surface area (Å²) in [6.07, 6.45) is -1.11. The Kier molecular flexibility index (Phi) is 6.76. The number of sulfonamides is 1. The zero-order valence-corrected chi connectivity index (χ0v) is 16.5. The molecule has 150 valence electrons. The third kappa shape index (κ3) is 5.30. The molecule has 2 aromatic carbocycles. The molecule has 0 saturated heterocycles. The number of ether oxygens (including phenoxy) is 2. The van der Waals surface area contributed by atoms with Crippen molar-refractivity contribution in [2.45, 2.75) is 30.9 Å². The van der Waals surface area contributed by atoms with Gasteiger partial charge >= 0.3 is 5.97 Å². The third-order valence-electron chi connectivity index (χ3n) is 4.03. The number of carbonyl (C=O) groups is 2. The van der Waals surface area contributed by atoms with E-state index in [1.165, 1.54) is 26.2 Å². The lowest BCUT2D eigenvalue weighted by molar-refractivity contribution is -0.129. The molecule has 3 N–H and O–H groups in total. The minimum atomic E-state index is -4.02. The van der Waals surface area contributed by atoms with Crippen molar-refractivity contribution in [2.75, 3.05) is 7.11 Å². The molecule has 2 aromatic rings. The van der Waals surface area contributed by atoms with Crippen LogP contribution in [0, 0.1) is 0 Å². The lowest BCUT2D eigenvalue weighted by Crippen LogP contribution is -2.37. The number of nitrogens with one attached hydrogen (secondary N) is 1. The molecule has 9 heteroatoms. The number of rotatable bonds is 7. The Morgan fingerprint density at radius 1 is 1.07 bits per heavy atom. The quantitative estimate of drug-likeness (QED) is 0.675.